The summed E-state index contributed by atoms with van der Waals surface area (Å²) in [6.07, 6.45) is 1.50. The first-order valence-electron chi connectivity index (χ1n) is 7.09. The van der Waals surface area contributed by atoms with Gasteiger partial charge in [-0.25, -0.2) is 8.42 Å². The molecule has 0 amide bonds. The molecule has 0 aromatic heterocycles. The molecule has 2 atom stereocenters. The predicted octanol–water partition coefficient (Wildman–Crippen LogP) is 1.98. The van der Waals surface area contributed by atoms with Crippen LogP contribution in [0.25, 0.3) is 0 Å². The van der Waals surface area contributed by atoms with Crippen LogP contribution >= 0.6 is 0 Å². The predicted molar refractivity (Wildman–Crippen MR) is 79.1 cm³/mol. The molecule has 6 heteroatoms. The van der Waals surface area contributed by atoms with Crippen LogP contribution in [0.15, 0.2) is 30.3 Å². The summed E-state index contributed by atoms with van der Waals surface area (Å²) in [5.41, 5.74) is 0. The van der Waals surface area contributed by atoms with E-state index in [9.17, 15) is 18.3 Å². The molecule has 0 spiro atoms. The van der Waals surface area contributed by atoms with Crippen LogP contribution in [0.2, 0.25) is 0 Å². The number of sulfone groups is 1. The summed E-state index contributed by atoms with van der Waals surface area (Å²) in [5.74, 6) is -0.888. The van der Waals surface area contributed by atoms with Gasteiger partial charge in [-0.05, 0) is 37.3 Å². The number of hydrogen-bond acceptors (Lipinski definition) is 4. The smallest absolute Gasteiger partial charge is 0.306 e. The molecule has 0 bridgehead atoms. The van der Waals surface area contributed by atoms with E-state index in [4.69, 9.17) is 4.74 Å². The van der Waals surface area contributed by atoms with Gasteiger partial charge in [0.2, 0.25) is 0 Å². The minimum Gasteiger partial charge on any atom is -0.494 e. The second-order valence-electron chi connectivity index (χ2n) is 5.41. The third-order valence-electron chi connectivity index (χ3n) is 3.83. The number of carbonyl (C=O) groups is 1. The number of hydrogen-bond donors (Lipinski definition) is 1. The topological polar surface area (TPSA) is 80.7 Å². The summed E-state index contributed by atoms with van der Waals surface area (Å²) in [6.45, 7) is 0.438. The summed E-state index contributed by atoms with van der Waals surface area (Å²) < 4.78 is 28.5. The Morgan fingerprint density at radius 2 is 2.05 bits per heavy atom. The maximum Gasteiger partial charge on any atom is 0.306 e. The average molecular weight is 312 g/mol. The molecule has 2 unspecified atom stereocenters. The van der Waals surface area contributed by atoms with Gasteiger partial charge in [-0.1, -0.05) is 18.2 Å². The highest BCUT2D eigenvalue weighted by Gasteiger charge is 2.36. The van der Waals surface area contributed by atoms with Crippen LogP contribution in [0.4, 0.5) is 0 Å². The molecule has 2 rings (SSSR count). The summed E-state index contributed by atoms with van der Waals surface area (Å²) in [5, 5.41) is 9.28. The van der Waals surface area contributed by atoms with Crippen molar-refractivity contribution in [2.75, 3.05) is 18.1 Å². The van der Waals surface area contributed by atoms with E-state index in [2.05, 4.69) is 0 Å². The summed E-state index contributed by atoms with van der Waals surface area (Å²) >= 11 is 0. The van der Waals surface area contributed by atoms with Crippen LogP contribution in [0.5, 0.6) is 5.75 Å². The Kier molecular flexibility index (Phi) is 5.22. The van der Waals surface area contributed by atoms with Crippen molar-refractivity contribution >= 4 is 15.8 Å². The molecule has 1 aromatic rings. The molecule has 0 radical (unpaired) electrons. The van der Waals surface area contributed by atoms with Crippen molar-refractivity contribution in [2.45, 2.75) is 19.3 Å². The van der Waals surface area contributed by atoms with Crippen LogP contribution in [0.1, 0.15) is 19.3 Å². The first-order valence-corrected chi connectivity index (χ1v) is 8.91. The largest absolute Gasteiger partial charge is 0.494 e. The minimum absolute atomic E-state index is 0.00348. The maximum absolute atomic E-state index is 11.5. The first-order chi connectivity index (χ1) is 9.98. The van der Waals surface area contributed by atoms with E-state index >= 15 is 0 Å². The normalized spacial score (nSPS) is 21.8. The van der Waals surface area contributed by atoms with E-state index in [1.807, 2.05) is 30.3 Å². The molecule has 116 valence electrons. The molecular weight excluding hydrogens is 292 g/mol. The highest BCUT2D eigenvalue weighted by Crippen LogP contribution is 2.29. The Balaban J connectivity index is 1.80. The summed E-state index contributed by atoms with van der Waals surface area (Å²) in [7, 11) is -3.04. The van der Waals surface area contributed by atoms with Gasteiger partial charge in [0.25, 0.3) is 0 Å². The molecule has 1 fully saturated rings. The van der Waals surface area contributed by atoms with Gasteiger partial charge in [-0.15, -0.1) is 0 Å². The molecule has 1 aliphatic heterocycles. The van der Waals surface area contributed by atoms with Crippen molar-refractivity contribution in [2.24, 2.45) is 11.8 Å². The zero-order chi connectivity index (χ0) is 15.3. The van der Waals surface area contributed by atoms with E-state index in [0.29, 0.717) is 25.9 Å². The van der Waals surface area contributed by atoms with Gasteiger partial charge >= 0.3 is 5.97 Å². The number of ether oxygens (including phenoxy) is 1. The highest BCUT2D eigenvalue weighted by atomic mass is 32.2. The molecule has 1 N–H and O–H groups in total. The van der Waals surface area contributed by atoms with Crippen LogP contribution in [-0.2, 0) is 14.6 Å². The van der Waals surface area contributed by atoms with Gasteiger partial charge in [-0.2, -0.15) is 0 Å². The van der Waals surface area contributed by atoms with Crippen LogP contribution < -0.4 is 4.74 Å². The SMILES string of the molecule is O=C(O)C(CCCOc1ccccc1)C1CCS(=O)(=O)C1. The van der Waals surface area contributed by atoms with Gasteiger partial charge in [0.1, 0.15) is 5.75 Å². The molecule has 1 aromatic carbocycles. The van der Waals surface area contributed by atoms with E-state index in [-0.39, 0.29) is 17.4 Å². The third-order valence-corrected chi connectivity index (χ3v) is 5.62. The molecule has 1 aliphatic rings. The number of carboxylic acids is 1. The van der Waals surface area contributed by atoms with Crippen molar-refractivity contribution in [1.82, 2.24) is 0 Å². The molecule has 5 nitrogen and oxygen atoms in total. The molecule has 21 heavy (non-hydrogen) atoms. The zero-order valence-electron chi connectivity index (χ0n) is 11.8. The molecule has 1 saturated heterocycles. The lowest BCUT2D eigenvalue weighted by Crippen LogP contribution is -2.25. The lowest BCUT2D eigenvalue weighted by atomic mass is 9.88. The van der Waals surface area contributed by atoms with Crippen molar-refractivity contribution in [1.29, 1.82) is 0 Å². The van der Waals surface area contributed by atoms with Gasteiger partial charge in [0.05, 0.1) is 24.0 Å². The second kappa shape index (κ2) is 6.93. The van der Waals surface area contributed by atoms with Crippen LogP contribution in [-0.4, -0.2) is 37.6 Å². The molecule has 0 aliphatic carbocycles. The maximum atomic E-state index is 11.5. The molecular formula is C15H20O5S. The Labute approximate surface area is 124 Å². The fraction of sp³-hybridized carbons (Fsp3) is 0.533. The Bertz CT molecular complexity index is 567. The molecule has 1 heterocycles. The van der Waals surface area contributed by atoms with Gasteiger partial charge in [0.15, 0.2) is 9.84 Å². The van der Waals surface area contributed by atoms with Gasteiger partial charge in [-0.3, -0.25) is 4.79 Å². The number of benzene rings is 1. The van der Waals surface area contributed by atoms with Gasteiger partial charge < -0.3 is 9.84 Å². The van der Waals surface area contributed by atoms with E-state index < -0.39 is 21.7 Å². The Morgan fingerprint density at radius 3 is 2.62 bits per heavy atom. The van der Waals surface area contributed by atoms with Crippen molar-refractivity contribution in [3.63, 3.8) is 0 Å². The van der Waals surface area contributed by atoms with Crippen molar-refractivity contribution in [3.8, 4) is 5.75 Å². The monoisotopic (exact) mass is 312 g/mol. The van der Waals surface area contributed by atoms with Crippen LogP contribution in [0, 0.1) is 11.8 Å². The fourth-order valence-corrected chi connectivity index (χ4v) is 4.59. The lowest BCUT2D eigenvalue weighted by Gasteiger charge is -2.18. The first kappa shape index (κ1) is 15.8. The highest BCUT2D eigenvalue weighted by molar-refractivity contribution is 7.91. The quantitative estimate of drug-likeness (QED) is 0.779. The number of para-hydroxylation sites is 1. The zero-order valence-corrected chi connectivity index (χ0v) is 12.6. The van der Waals surface area contributed by atoms with Gasteiger partial charge in [0, 0.05) is 0 Å². The van der Waals surface area contributed by atoms with Crippen LogP contribution in [0.3, 0.4) is 0 Å². The van der Waals surface area contributed by atoms with E-state index in [0.717, 1.165) is 5.75 Å². The molecule has 0 saturated carbocycles. The Morgan fingerprint density at radius 1 is 1.33 bits per heavy atom. The second-order valence-corrected chi connectivity index (χ2v) is 7.64. The van der Waals surface area contributed by atoms with Crippen molar-refractivity contribution < 1.29 is 23.1 Å². The fourth-order valence-electron chi connectivity index (χ4n) is 2.71. The Hall–Kier alpha value is -1.56. The standard InChI is InChI=1S/C15H20O5S/c16-15(17)14(12-8-10-21(18,19)11-12)7-4-9-20-13-5-2-1-3-6-13/h1-3,5-6,12,14H,4,7-11H2,(H,16,17). The lowest BCUT2D eigenvalue weighted by molar-refractivity contribution is -0.143. The number of aliphatic carboxylic acids is 1. The van der Waals surface area contributed by atoms with Crippen molar-refractivity contribution in [3.05, 3.63) is 30.3 Å². The minimum atomic E-state index is -3.04. The van der Waals surface area contributed by atoms with E-state index in [1.54, 1.807) is 0 Å². The number of rotatable bonds is 7. The van der Waals surface area contributed by atoms with E-state index in [1.165, 1.54) is 0 Å². The average Bonchev–Trinajstić information content (AvgIpc) is 2.79. The number of carboxylic acid groups (broad SMARTS) is 1. The third kappa shape index (κ3) is 4.74. The summed E-state index contributed by atoms with van der Waals surface area (Å²) in [4.78, 5) is 11.3. The summed E-state index contributed by atoms with van der Waals surface area (Å²) in [6, 6.07) is 9.34.